The number of halogens is 2. The molecule has 0 aliphatic rings. The van der Waals surface area contributed by atoms with Crippen LogP contribution in [0.4, 0.5) is 5.88 Å². The van der Waals surface area contributed by atoms with Crippen LogP contribution in [0.5, 0.6) is 11.5 Å². The number of carbonyl (C=O) groups excluding carboxylic acids is 2. The van der Waals surface area contributed by atoms with Gasteiger partial charge in [-0.25, -0.2) is 4.79 Å². The Balaban J connectivity index is 1.64. The van der Waals surface area contributed by atoms with E-state index in [4.69, 9.17) is 37.2 Å². The monoisotopic (exact) mass is 482 g/mol. The molecule has 1 amide bonds. The Morgan fingerprint density at radius 1 is 0.909 bits per heavy atom. The minimum absolute atomic E-state index is 0.0499. The molecule has 0 aliphatic heterocycles. The van der Waals surface area contributed by atoms with Crippen molar-refractivity contribution in [2.24, 2.45) is 0 Å². The quantitative estimate of drug-likeness (QED) is 0.316. The van der Waals surface area contributed by atoms with Gasteiger partial charge in [-0.1, -0.05) is 58.7 Å². The Labute approximate surface area is 198 Å². The summed E-state index contributed by atoms with van der Waals surface area (Å²) in [4.78, 5) is 25.4. The molecule has 9 heteroatoms. The van der Waals surface area contributed by atoms with Gasteiger partial charge in [0.25, 0.3) is 5.91 Å². The summed E-state index contributed by atoms with van der Waals surface area (Å²) in [7, 11) is 1.20. The summed E-state index contributed by atoms with van der Waals surface area (Å²) >= 11 is 12.5. The molecule has 7 nitrogen and oxygen atoms in total. The smallest absolute Gasteiger partial charge is 0.345 e. The molecule has 0 saturated heterocycles. The van der Waals surface area contributed by atoms with Gasteiger partial charge in [0.1, 0.15) is 17.2 Å². The second-order valence-corrected chi connectivity index (χ2v) is 7.54. The number of para-hydroxylation sites is 1. The van der Waals surface area contributed by atoms with Crippen molar-refractivity contribution in [1.82, 2.24) is 5.16 Å². The van der Waals surface area contributed by atoms with Crippen LogP contribution in [0.1, 0.15) is 20.7 Å². The number of rotatable bonds is 6. The predicted octanol–water partition coefficient (Wildman–Crippen LogP) is 6.48. The lowest BCUT2D eigenvalue weighted by molar-refractivity contribution is 0.0602. The van der Waals surface area contributed by atoms with Crippen LogP contribution in [0.25, 0.3) is 11.3 Å². The summed E-state index contributed by atoms with van der Waals surface area (Å²) in [5.41, 5.74) is 0.489. The topological polar surface area (TPSA) is 90.7 Å². The van der Waals surface area contributed by atoms with Gasteiger partial charge < -0.3 is 14.0 Å². The molecule has 0 aliphatic carbocycles. The van der Waals surface area contributed by atoms with E-state index >= 15 is 0 Å². The molecule has 1 heterocycles. The van der Waals surface area contributed by atoms with E-state index in [2.05, 4.69) is 10.5 Å². The highest BCUT2D eigenvalue weighted by atomic mass is 35.5. The molecule has 0 radical (unpaired) electrons. The maximum atomic E-state index is 12.9. The average molecular weight is 483 g/mol. The number of nitrogens with zero attached hydrogens (tertiary/aromatic N) is 1. The Hall–Kier alpha value is -3.81. The molecular weight excluding hydrogens is 467 g/mol. The first kappa shape index (κ1) is 22.4. The van der Waals surface area contributed by atoms with Gasteiger partial charge in [0, 0.05) is 11.1 Å². The lowest BCUT2D eigenvalue weighted by Crippen LogP contribution is -2.14. The predicted molar refractivity (Wildman–Crippen MR) is 124 cm³/mol. The molecule has 1 aromatic heterocycles. The van der Waals surface area contributed by atoms with Crippen LogP contribution in [-0.2, 0) is 4.74 Å². The van der Waals surface area contributed by atoms with E-state index in [1.807, 2.05) is 18.2 Å². The Kier molecular flexibility index (Phi) is 6.63. The first-order valence-corrected chi connectivity index (χ1v) is 10.4. The van der Waals surface area contributed by atoms with Crippen molar-refractivity contribution in [3.8, 4) is 22.8 Å². The molecule has 0 fully saturated rings. The van der Waals surface area contributed by atoms with Crippen molar-refractivity contribution < 1.29 is 23.6 Å². The van der Waals surface area contributed by atoms with Crippen molar-refractivity contribution in [3.05, 3.63) is 94.0 Å². The molecule has 1 N–H and O–H groups in total. The van der Waals surface area contributed by atoms with Crippen LogP contribution in [-0.4, -0.2) is 24.1 Å². The summed E-state index contributed by atoms with van der Waals surface area (Å²) in [6.45, 7) is 0. The second-order valence-electron chi connectivity index (χ2n) is 6.72. The van der Waals surface area contributed by atoms with Crippen molar-refractivity contribution in [2.75, 3.05) is 12.4 Å². The van der Waals surface area contributed by atoms with Crippen LogP contribution in [0.2, 0.25) is 10.0 Å². The maximum absolute atomic E-state index is 12.9. The Morgan fingerprint density at radius 2 is 1.58 bits per heavy atom. The molecule has 0 bridgehead atoms. The van der Waals surface area contributed by atoms with Gasteiger partial charge in [-0.15, -0.1) is 0 Å². The molecule has 0 spiro atoms. The second kappa shape index (κ2) is 9.77. The third-order valence-corrected chi connectivity index (χ3v) is 5.21. The molecule has 166 valence electrons. The standard InChI is InChI=1S/C24H16Cl2N2O5/c1-31-24(30)20-21(19-17(25)11-6-12-18(19)26)28-33-23(20)27-22(29)14-7-5-10-16(13-14)32-15-8-3-2-4-9-15/h2-13H,1H3,(H,27,29). The van der Waals surface area contributed by atoms with E-state index in [0.29, 0.717) is 11.5 Å². The highest BCUT2D eigenvalue weighted by Crippen LogP contribution is 2.38. The van der Waals surface area contributed by atoms with Gasteiger partial charge in [-0.2, -0.15) is 0 Å². The first-order chi connectivity index (χ1) is 16.0. The van der Waals surface area contributed by atoms with E-state index in [9.17, 15) is 9.59 Å². The lowest BCUT2D eigenvalue weighted by atomic mass is 10.1. The largest absolute Gasteiger partial charge is 0.465 e. The number of hydrogen-bond donors (Lipinski definition) is 1. The van der Waals surface area contributed by atoms with Crippen molar-refractivity contribution in [1.29, 1.82) is 0 Å². The molecular formula is C24H16Cl2N2O5. The van der Waals surface area contributed by atoms with Gasteiger partial charge in [-0.05, 0) is 42.5 Å². The van der Waals surface area contributed by atoms with Crippen LogP contribution in [0.3, 0.4) is 0 Å². The summed E-state index contributed by atoms with van der Waals surface area (Å²) in [6.07, 6.45) is 0. The molecule has 3 aromatic carbocycles. The highest BCUT2D eigenvalue weighted by molar-refractivity contribution is 6.39. The zero-order valence-electron chi connectivity index (χ0n) is 17.2. The van der Waals surface area contributed by atoms with Gasteiger partial charge in [0.2, 0.25) is 5.88 Å². The highest BCUT2D eigenvalue weighted by Gasteiger charge is 2.29. The van der Waals surface area contributed by atoms with Crippen LogP contribution in [0, 0.1) is 0 Å². The number of benzene rings is 3. The molecule has 0 saturated carbocycles. The van der Waals surface area contributed by atoms with Crippen LogP contribution in [0.15, 0.2) is 77.3 Å². The lowest BCUT2D eigenvalue weighted by Gasteiger charge is -2.08. The minimum atomic E-state index is -0.779. The number of amides is 1. The van der Waals surface area contributed by atoms with Crippen LogP contribution >= 0.6 is 23.2 Å². The van der Waals surface area contributed by atoms with E-state index in [0.717, 1.165) is 0 Å². The summed E-state index contributed by atoms with van der Waals surface area (Å²) in [5.74, 6) is -0.444. The molecule has 0 atom stereocenters. The molecule has 0 unspecified atom stereocenters. The normalized spacial score (nSPS) is 10.5. The van der Waals surface area contributed by atoms with Gasteiger partial charge in [0.05, 0.1) is 17.2 Å². The third kappa shape index (κ3) is 4.84. The van der Waals surface area contributed by atoms with E-state index in [1.165, 1.54) is 7.11 Å². The van der Waals surface area contributed by atoms with Crippen LogP contribution < -0.4 is 10.1 Å². The summed E-state index contributed by atoms with van der Waals surface area (Å²) < 4.78 is 15.9. The van der Waals surface area contributed by atoms with E-state index in [-0.39, 0.29) is 38.3 Å². The van der Waals surface area contributed by atoms with Crippen molar-refractivity contribution in [3.63, 3.8) is 0 Å². The number of nitrogens with one attached hydrogen (secondary N) is 1. The fourth-order valence-corrected chi connectivity index (χ4v) is 3.64. The number of hydrogen-bond acceptors (Lipinski definition) is 6. The van der Waals surface area contributed by atoms with Gasteiger partial charge in [0.15, 0.2) is 5.56 Å². The van der Waals surface area contributed by atoms with E-state index < -0.39 is 11.9 Å². The summed E-state index contributed by atoms with van der Waals surface area (Å²) in [6, 6.07) is 20.5. The van der Waals surface area contributed by atoms with E-state index in [1.54, 1.807) is 54.6 Å². The van der Waals surface area contributed by atoms with Crippen molar-refractivity contribution in [2.45, 2.75) is 0 Å². The third-order valence-electron chi connectivity index (χ3n) is 4.58. The zero-order valence-corrected chi connectivity index (χ0v) is 18.7. The number of anilines is 1. The Bertz CT molecular complexity index is 1300. The number of aromatic nitrogens is 1. The SMILES string of the molecule is COC(=O)c1c(-c2c(Cl)cccc2Cl)noc1NC(=O)c1cccc(Oc2ccccc2)c1. The van der Waals surface area contributed by atoms with Crippen molar-refractivity contribution >= 4 is 41.0 Å². The minimum Gasteiger partial charge on any atom is -0.465 e. The number of carbonyl (C=O) groups is 2. The average Bonchev–Trinajstić information content (AvgIpc) is 3.22. The molecule has 4 rings (SSSR count). The molecule has 4 aromatic rings. The zero-order chi connectivity index (χ0) is 23.4. The Morgan fingerprint density at radius 3 is 2.27 bits per heavy atom. The first-order valence-electron chi connectivity index (χ1n) is 9.64. The fourth-order valence-electron chi connectivity index (χ4n) is 3.06. The van der Waals surface area contributed by atoms with Gasteiger partial charge >= 0.3 is 5.97 Å². The van der Waals surface area contributed by atoms with Gasteiger partial charge in [-0.3, -0.25) is 10.1 Å². The summed E-state index contributed by atoms with van der Waals surface area (Å²) in [5, 5.41) is 6.97. The number of esters is 1. The maximum Gasteiger partial charge on any atom is 0.345 e. The number of methoxy groups -OCH3 is 1. The molecule has 33 heavy (non-hydrogen) atoms. The number of ether oxygens (including phenoxy) is 2. The fraction of sp³-hybridized carbons (Fsp3) is 0.0417.